The largest absolute Gasteiger partial charge is 0.497 e. The second-order valence-corrected chi connectivity index (χ2v) is 8.19. The van der Waals surface area contributed by atoms with E-state index < -0.39 is 0 Å². The topological polar surface area (TPSA) is 58.6 Å². The Bertz CT molecular complexity index is 844. The molecule has 0 aliphatic carbocycles. The number of fused-ring (bicyclic) bond motifs is 1. The molecule has 2 aliphatic heterocycles. The van der Waals surface area contributed by atoms with Crippen molar-refractivity contribution < 1.29 is 9.53 Å². The molecule has 0 atom stereocenters. The Kier molecular flexibility index (Phi) is 6.09. The molecule has 0 unspecified atom stereocenters. The summed E-state index contributed by atoms with van der Waals surface area (Å²) in [5.41, 5.74) is 3.64. The summed E-state index contributed by atoms with van der Waals surface area (Å²) in [4.78, 5) is 26.5. The maximum atomic E-state index is 12.6. The zero-order chi connectivity index (χ0) is 20.2. The van der Waals surface area contributed by atoms with E-state index in [-0.39, 0.29) is 5.91 Å². The highest BCUT2D eigenvalue weighted by Gasteiger charge is 2.26. The number of carbonyl (C=O) groups is 1. The van der Waals surface area contributed by atoms with Gasteiger partial charge in [0.2, 0.25) is 5.91 Å². The highest BCUT2D eigenvalue weighted by Crippen LogP contribution is 2.27. The van der Waals surface area contributed by atoms with Crippen LogP contribution in [-0.4, -0.2) is 59.5 Å². The normalized spacial score (nSPS) is 17.8. The second kappa shape index (κ2) is 8.91. The van der Waals surface area contributed by atoms with Gasteiger partial charge in [-0.05, 0) is 44.0 Å². The van der Waals surface area contributed by atoms with Crippen molar-refractivity contribution in [3.63, 3.8) is 0 Å². The molecule has 2 aliphatic rings. The lowest BCUT2D eigenvalue weighted by molar-refractivity contribution is -0.132. The summed E-state index contributed by atoms with van der Waals surface area (Å²) in [6.45, 7) is 3.60. The molecule has 29 heavy (non-hydrogen) atoms. The fraction of sp³-hybridized carbons (Fsp3) is 0.522. The van der Waals surface area contributed by atoms with Crippen molar-refractivity contribution in [2.24, 2.45) is 0 Å². The van der Waals surface area contributed by atoms with Crippen LogP contribution in [0.5, 0.6) is 5.75 Å². The molecule has 0 N–H and O–H groups in total. The summed E-state index contributed by atoms with van der Waals surface area (Å²) in [6, 6.07) is 7.96. The summed E-state index contributed by atoms with van der Waals surface area (Å²) in [6.07, 6.45) is 6.24. The zero-order valence-corrected chi connectivity index (χ0v) is 17.4. The first-order valence-electron chi connectivity index (χ1n) is 10.6. The molecule has 0 radical (unpaired) electrons. The third-order valence-corrected chi connectivity index (χ3v) is 6.14. The Morgan fingerprint density at radius 1 is 1.17 bits per heavy atom. The van der Waals surface area contributed by atoms with Gasteiger partial charge in [0, 0.05) is 62.4 Å². The molecule has 1 aromatic heterocycles. The molecule has 2 aromatic rings. The molecular weight excluding hydrogens is 364 g/mol. The number of nitrogens with zero attached hydrogens (tertiary/aromatic N) is 4. The van der Waals surface area contributed by atoms with Crippen molar-refractivity contribution >= 4 is 5.91 Å². The van der Waals surface area contributed by atoms with Gasteiger partial charge in [0.05, 0.1) is 7.11 Å². The van der Waals surface area contributed by atoms with Gasteiger partial charge in [-0.15, -0.1) is 0 Å². The van der Waals surface area contributed by atoms with E-state index in [2.05, 4.69) is 16.9 Å². The average Bonchev–Trinajstić information content (AvgIpc) is 2.77. The van der Waals surface area contributed by atoms with Crippen molar-refractivity contribution in [1.82, 2.24) is 19.8 Å². The molecule has 0 saturated carbocycles. The van der Waals surface area contributed by atoms with E-state index in [0.29, 0.717) is 12.3 Å². The quantitative estimate of drug-likeness (QED) is 0.781. The number of ether oxygens (including phenoxy) is 1. The van der Waals surface area contributed by atoms with Gasteiger partial charge in [-0.1, -0.05) is 12.1 Å². The van der Waals surface area contributed by atoms with Crippen molar-refractivity contribution in [3.05, 3.63) is 53.1 Å². The third-order valence-electron chi connectivity index (χ3n) is 6.14. The Morgan fingerprint density at radius 2 is 1.93 bits per heavy atom. The number of likely N-dealkylation sites (tertiary alicyclic amines) is 1. The van der Waals surface area contributed by atoms with E-state index in [1.54, 1.807) is 7.11 Å². The Morgan fingerprint density at radius 3 is 2.66 bits per heavy atom. The van der Waals surface area contributed by atoms with E-state index in [4.69, 9.17) is 9.72 Å². The molecule has 1 fully saturated rings. The predicted octanol–water partition coefficient (Wildman–Crippen LogP) is 2.81. The van der Waals surface area contributed by atoms with E-state index in [0.717, 1.165) is 63.4 Å². The fourth-order valence-corrected chi connectivity index (χ4v) is 4.26. The molecule has 0 bridgehead atoms. The molecule has 3 heterocycles. The van der Waals surface area contributed by atoms with E-state index in [1.807, 2.05) is 35.4 Å². The molecule has 0 spiro atoms. The number of piperidine rings is 1. The van der Waals surface area contributed by atoms with Gasteiger partial charge in [-0.2, -0.15) is 0 Å². The van der Waals surface area contributed by atoms with Crippen LogP contribution in [0.4, 0.5) is 0 Å². The van der Waals surface area contributed by atoms with Gasteiger partial charge >= 0.3 is 0 Å². The van der Waals surface area contributed by atoms with Crippen LogP contribution in [-0.2, 0) is 24.2 Å². The van der Waals surface area contributed by atoms with Crippen molar-refractivity contribution in [3.8, 4) is 5.75 Å². The summed E-state index contributed by atoms with van der Waals surface area (Å²) in [5, 5.41) is 0. The van der Waals surface area contributed by atoms with Crippen LogP contribution in [0.2, 0.25) is 0 Å². The molecule has 1 aromatic carbocycles. The number of carbonyl (C=O) groups excluding carboxylic acids is 1. The molecule has 6 nitrogen and oxygen atoms in total. The number of aryl methyl sites for hydroxylation is 1. The van der Waals surface area contributed by atoms with Crippen LogP contribution < -0.4 is 4.74 Å². The minimum atomic E-state index is 0.244. The number of amides is 1. The number of likely N-dealkylation sites (N-methyl/N-ethyl adjacent to an activating group) is 1. The molecule has 1 saturated heterocycles. The lowest BCUT2D eigenvalue weighted by Crippen LogP contribution is -2.38. The SMILES string of the molecule is COc1ccc(CCC(=O)N2CCC(c3ncc4c(n3)CCN(C)C4)CC2)cc1. The highest BCUT2D eigenvalue weighted by atomic mass is 16.5. The van der Waals surface area contributed by atoms with Crippen LogP contribution >= 0.6 is 0 Å². The van der Waals surface area contributed by atoms with Crippen LogP contribution in [0.3, 0.4) is 0 Å². The second-order valence-electron chi connectivity index (χ2n) is 8.19. The maximum absolute atomic E-state index is 12.6. The van der Waals surface area contributed by atoms with Crippen molar-refractivity contribution in [1.29, 1.82) is 0 Å². The minimum Gasteiger partial charge on any atom is -0.497 e. The number of hydrogen-bond donors (Lipinski definition) is 0. The van der Waals surface area contributed by atoms with Gasteiger partial charge in [0.1, 0.15) is 11.6 Å². The van der Waals surface area contributed by atoms with Crippen LogP contribution in [0.15, 0.2) is 30.5 Å². The van der Waals surface area contributed by atoms with Gasteiger partial charge < -0.3 is 14.5 Å². The first kappa shape index (κ1) is 19.8. The average molecular weight is 395 g/mol. The van der Waals surface area contributed by atoms with Crippen LogP contribution in [0.1, 0.15) is 47.8 Å². The number of benzene rings is 1. The third kappa shape index (κ3) is 4.75. The highest BCUT2D eigenvalue weighted by molar-refractivity contribution is 5.76. The summed E-state index contributed by atoms with van der Waals surface area (Å²) < 4.78 is 5.18. The van der Waals surface area contributed by atoms with Crippen LogP contribution in [0.25, 0.3) is 0 Å². The molecule has 1 amide bonds. The van der Waals surface area contributed by atoms with Gasteiger partial charge in [-0.3, -0.25) is 4.79 Å². The smallest absolute Gasteiger partial charge is 0.222 e. The first-order chi connectivity index (χ1) is 14.1. The Hall–Kier alpha value is -2.47. The summed E-state index contributed by atoms with van der Waals surface area (Å²) in [7, 11) is 3.80. The molecule has 4 rings (SSSR count). The van der Waals surface area contributed by atoms with E-state index in [1.165, 1.54) is 16.8 Å². The standard InChI is InChI=1S/C23H30N4O2/c1-26-12-11-21-19(16-26)15-24-23(25-21)18-9-13-27(14-10-18)22(28)8-5-17-3-6-20(29-2)7-4-17/h3-4,6-7,15,18H,5,8-14,16H2,1-2H3. The maximum Gasteiger partial charge on any atom is 0.222 e. The lowest BCUT2D eigenvalue weighted by Gasteiger charge is -2.32. The lowest BCUT2D eigenvalue weighted by atomic mass is 9.95. The van der Waals surface area contributed by atoms with Crippen molar-refractivity contribution in [2.75, 3.05) is 33.8 Å². The van der Waals surface area contributed by atoms with Gasteiger partial charge in [0.15, 0.2) is 0 Å². The van der Waals surface area contributed by atoms with Gasteiger partial charge in [-0.25, -0.2) is 9.97 Å². The van der Waals surface area contributed by atoms with Gasteiger partial charge in [0.25, 0.3) is 0 Å². The zero-order valence-electron chi connectivity index (χ0n) is 17.4. The number of methoxy groups -OCH3 is 1. The molecule has 154 valence electrons. The Labute approximate surface area is 172 Å². The van der Waals surface area contributed by atoms with Crippen molar-refractivity contribution in [2.45, 2.75) is 44.6 Å². The van der Waals surface area contributed by atoms with Crippen LogP contribution in [0, 0.1) is 0 Å². The summed E-state index contributed by atoms with van der Waals surface area (Å²) in [5.74, 6) is 2.43. The number of hydrogen-bond acceptors (Lipinski definition) is 5. The fourth-order valence-electron chi connectivity index (χ4n) is 4.26. The van der Waals surface area contributed by atoms with E-state index in [9.17, 15) is 4.79 Å². The molecule has 6 heteroatoms. The summed E-state index contributed by atoms with van der Waals surface area (Å²) >= 11 is 0. The number of rotatable bonds is 5. The molecular formula is C23H30N4O2. The first-order valence-corrected chi connectivity index (χ1v) is 10.6. The number of aromatic nitrogens is 2. The monoisotopic (exact) mass is 394 g/mol. The minimum absolute atomic E-state index is 0.244. The Balaban J connectivity index is 1.28. The van der Waals surface area contributed by atoms with E-state index >= 15 is 0 Å². The predicted molar refractivity (Wildman–Crippen MR) is 112 cm³/mol.